The number of phenolic OH excluding ortho intramolecular Hbond substituents is 1. The van der Waals surface area contributed by atoms with Crippen molar-refractivity contribution in [2.24, 2.45) is 0 Å². The Hall–Kier alpha value is -0.740. The highest BCUT2D eigenvalue weighted by Gasteiger charge is 2.20. The molecular weight excluding hydrogens is 318 g/mol. The summed E-state index contributed by atoms with van der Waals surface area (Å²) in [6, 6.07) is 4.51. The van der Waals surface area contributed by atoms with Crippen LogP contribution >= 0.6 is 27.5 Å². The van der Waals surface area contributed by atoms with E-state index in [1.165, 1.54) is 18.2 Å². The van der Waals surface area contributed by atoms with Crippen molar-refractivity contribution in [3.63, 3.8) is 0 Å². The van der Waals surface area contributed by atoms with Gasteiger partial charge in [0.15, 0.2) is 0 Å². The molecular formula is C13H17BrClNO2. The maximum absolute atomic E-state index is 12.4. The fraction of sp³-hybridized carbons (Fsp3) is 0.462. The first-order valence-corrected chi connectivity index (χ1v) is 7.32. The number of nitrogens with zero attached hydrogens (tertiary/aromatic N) is 1. The van der Waals surface area contributed by atoms with Crippen molar-refractivity contribution in [1.29, 1.82) is 0 Å². The van der Waals surface area contributed by atoms with Crippen molar-refractivity contribution >= 4 is 33.4 Å². The highest BCUT2D eigenvalue weighted by atomic mass is 79.9. The zero-order valence-electron chi connectivity index (χ0n) is 10.5. The van der Waals surface area contributed by atoms with E-state index in [0.29, 0.717) is 17.1 Å². The Morgan fingerprint density at radius 1 is 1.50 bits per heavy atom. The van der Waals surface area contributed by atoms with Crippen LogP contribution < -0.4 is 0 Å². The third-order valence-corrected chi connectivity index (χ3v) is 3.49. The Morgan fingerprint density at radius 2 is 2.17 bits per heavy atom. The number of benzene rings is 1. The largest absolute Gasteiger partial charge is 0.508 e. The fourth-order valence-corrected chi connectivity index (χ4v) is 2.11. The molecule has 0 unspecified atom stereocenters. The number of carbonyl (C=O) groups excluding carboxylic acids is 1. The van der Waals surface area contributed by atoms with Crippen molar-refractivity contribution in [2.45, 2.75) is 26.3 Å². The number of rotatable bonds is 5. The second kappa shape index (κ2) is 7.00. The van der Waals surface area contributed by atoms with Crippen LogP contribution in [0.1, 0.15) is 30.6 Å². The van der Waals surface area contributed by atoms with Gasteiger partial charge in [0.05, 0.1) is 10.6 Å². The molecule has 0 spiro atoms. The highest BCUT2D eigenvalue weighted by molar-refractivity contribution is 9.09. The van der Waals surface area contributed by atoms with E-state index in [-0.39, 0.29) is 17.7 Å². The predicted molar refractivity (Wildman–Crippen MR) is 77.7 cm³/mol. The summed E-state index contributed by atoms with van der Waals surface area (Å²) >= 11 is 9.36. The van der Waals surface area contributed by atoms with Crippen LogP contribution in [0.4, 0.5) is 0 Å². The lowest BCUT2D eigenvalue weighted by atomic mass is 10.1. The molecule has 0 heterocycles. The van der Waals surface area contributed by atoms with Crippen molar-refractivity contribution < 1.29 is 9.90 Å². The molecule has 0 fully saturated rings. The molecule has 1 aromatic rings. The van der Waals surface area contributed by atoms with Gasteiger partial charge in [0, 0.05) is 17.9 Å². The van der Waals surface area contributed by atoms with Gasteiger partial charge in [-0.1, -0.05) is 27.5 Å². The second-order valence-electron chi connectivity index (χ2n) is 4.30. The summed E-state index contributed by atoms with van der Waals surface area (Å²) in [6.07, 6.45) is 0.875. The van der Waals surface area contributed by atoms with Crippen molar-refractivity contribution in [2.75, 3.05) is 11.9 Å². The molecule has 100 valence electrons. The lowest BCUT2D eigenvalue weighted by Crippen LogP contribution is -2.38. The molecule has 1 rings (SSSR count). The summed E-state index contributed by atoms with van der Waals surface area (Å²) in [6.45, 7) is 4.58. The standard InChI is InChI=1S/C13H17BrClNO2/c1-9(2)16(7-3-6-14)13(18)11-8-10(17)4-5-12(11)15/h4-5,8-9,17H,3,6-7H2,1-2H3. The van der Waals surface area contributed by atoms with Crippen molar-refractivity contribution in [3.8, 4) is 5.75 Å². The van der Waals surface area contributed by atoms with Crippen LogP contribution in [-0.4, -0.2) is 33.8 Å². The number of hydrogen-bond donors (Lipinski definition) is 1. The molecule has 18 heavy (non-hydrogen) atoms. The molecule has 0 aliphatic rings. The molecule has 3 nitrogen and oxygen atoms in total. The van der Waals surface area contributed by atoms with Gasteiger partial charge in [-0.25, -0.2) is 0 Å². The summed E-state index contributed by atoms with van der Waals surface area (Å²) in [5.41, 5.74) is 0.347. The molecule has 0 aliphatic heterocycles. The number of alkyl halides is 1. The third kappa shape index (κ3) is 3.89. The van der Waals surface area contributed by atoms with Crippen LogP contribution in [0, 0.1) is 0 Å². The summed E-state index contributed by atoms with van der Waals surface area (Å²) in [5.74, 6) is -0.0983. The summed E-state index contributed by atoms with van der Waals surface area (Å²) in [5, 5.41) is 10.7. The summed E-state index contributed by atoms with van der Waals surface area (Å²) in [7, 11) is 0. The first kappa shape index (κ1) is 15.3. The lowest BCUT2D eigenvalue weighted by Gasteiger charge is -2.27. The van der Waals surface area contributed by atoms with Gasteiger partial charge in [0.1, 0.15) is 5.75 Å². The summed E-state index contributed by atoms with van der Waals surface area (Å²) < 4.78 is 0. The lowest BCUT2D eigenvalue weighted by molar-refractivity contribution is 0.0706. The number of amides is 1. The molecule has 1 amide bonds. The van der Waals surface area contributed by atoms with Crippen LogP contribution in [0.2, 0.25) is 5.02 Å². The number of hydrogen-bond acceptors (Lipinski definition) is 2. The Bertz CT molecular complexity index is 423. The van der Waals surface area contributed by atoms with Crippen LogP contribution in [0.25, 0.3) is 0 Å². The van der Waals surface area contributed by atoms with Crippen LogP contribution in [0.5, 0.6) is 5.75 Å². The number of aromatic hydroxyl groups is 1. The average Bonchev–Trinajstić information content (AvgIpc) is 2.32. The van der Waals surface area contributed by atoms with E-state index in [4.69, 9.17) is 11.6 Å². The number of phenols is 1. The normalized spacial score (nSPS) is 10.7. The average molecular weight is 335 g/mol. The van der Waals surface area contributed by atoms with Crippen LogP contribution in [0.15, 0.2) is 18.2 Å². The van der Waals surface area contributed by atoms with Gasteiger partial charge in [-0.05, 0) is 38.5 Å². The topological polar surface area (TPSA) is 40.5 Å². The molecule has 5 heteroatoms. The maximum atomic E-state index is 12.4. The zero-order valence-corrected chi connectivity index (χ0v) is 12.8. The Morgan fingerprint density at radius 3 is 2.72 bits per heavy atom. The Labute approximate surface area is 121 Å². The molecule has 1 N–H and O–H groups in total. The third-order valence-electron chi connectivity index (χ3n) is 2.60. The zero-order chi connectivity index (χ0) is 13.7. The van der Waals surface area contributed by atoms with Crippen molar-refractivity contribution in [1.82, 2.24) is 4.90 Å². The van der Waals surface area contributed by atoms with Crippen LogP contribution in [-0.2, 0) is 0 Å². The van der Waals surface area contributed by atoms with Gasteiger partial charge >= 0.3 is 0 Å². The SMILES string of the molecule is CC(C)N(CCCBr)C(=O)c1cc(O)ccc1Cl. The minimum Gasteiger partial charge on any atom is -0.508 e. The molecule has 0 bridgehead atoms. The minimum atomic E-state index is -0.146. The van der Waals surface area contributed by atoms with E-state index in [2.05, 4.69) is 15.9 Å². The van der Waals surface area contributed by atoms with Gasteiger partial charge < -0.3 is 10.0 Å². The van der Waals surface area contributed by atoms with E-state index in [1.807, 2.05) is 13.8 Å². The van der Waals surface area contributed by atoms with Gasteiger partial charge in [-0.2, -0.15) is 0 Å². The first-order valence-electron chi connectivity index (χ1n) is 5.82. The Kier molecular flexibility index (Phi) is 5.96. The molecule has 0 aliphatic carbocycles. The van der Waals surface area contributed by atoms with E-state index in [0.717, 1.165) is 11.8 Å². The quantitative estimate of drug-likeness (QED) is 0.834. The van der Waals surface area contributed by atoms with E-state index in [9.17, 15) is 9.90 Å². The highest BCUT2D eigenvalue weighted by Crippen LogP contribution is 2.23. The van der Waals surface area contributed by atoms with E-state index in [1.54, 1.807) is 4.90 Å². The molecule has 0 saturated carbocycles. The number of halogens is 2. The van der Waals surface area contributed by atoms with Crippen LogP contribution in [0.3, 0.4) is 0 Å². The maximum Gasteiger partial charge on any atom is 0.255 e. The molecule has 0 atom stereocenters. The van der Waals surface area contributed by atoms with Gasteiger partial charge in [0.25, 0.3) is 5.91 Å². The smallest absolute Gasteiger partial charge is 0.255 e. The predicted octanol–water partition coefficient (Wildman–Crippen LogP) is 3.68. The molecule has 1 aromatic carbocycles. The minimum absolute atomic E-state index is 0.0481. The van der Waals surface area contributed by atoms with E-state index >= 15 is 0 Å². The first-order chi connectivity index (χ1) is 8.47. The van der Waals surface area contributed by atoms with Crippen molar-refractivity contribution in [3.05, 3.63) is 28.8 Å². The molecule has 0 aromatic heterocycles. The summed E-state index contributed by atoms with van der Waals surface area (Å²) in [4.78, 5) is 14.1. The second-order valence-corrected chi connectivity index (χ2v) is 5.50. The van der Waals surface area contributed by atoms with Gasteiger partial charge in [-0.15, -0.1) is 0 Å². The number of carbonyl (C=O) groups is 1. The van der Waals surface area contributed by atoms with Gasteiger partial charge in [0.2, 0.25) is 0 Å². The van der Waals surface area contributed by atoms with Gasteiger partial charge in [-0.3, -0.25) is 4.79 Å². The molecule has 0 saturated heterocycles. The fourth-order valence-electron chi connectivity index (χ4n) is 1.66. The monoisotopic (exact) mass is 333 g/mol. The molecule has 0 radical (unpaired) electrons. The Balaban J connectivity index is 2.98. The van der Waals surface area contributed by atoms with E-state index < -0.39 is 0 Å².